The molecule has 2 unspecified atom stereocenters. The number of carbonyl (C=O) groups excluding carboxylic acids is 1. The van der Waals surface area contributed by atoms with Crippen LogP contribution in [0.5, 0.6) is 0 Å². The van der Waals surface area contributed by atoms with Crippen LogP contribution in [0.4, 0.5) is 0 Å². The van der Waals surface area contributed by atoms with Gasteiger partial charge < -0.3 is 10.6 Å². The van der Waals surface area contributed by atoms with E-state index in [0.717, 1.165) is 37.1 Å². The van der Waals surface area contributed by atoms with Crippen molar-refractivity contribution >= 4 is 18.3 Å². The van der Waals surface area contributed by atoms with Gasteiger partial charge in [0.25, 0.3) is 5.91 Å². The third kappa shape index (κ3) is 4.13. The van der Waals surface area contributed by atoms with Crippen molar-refractivity contribution in [3.05, 3.63) is 48.0 Å². The van der Waals surface area contributed by atoms with Crippen LogP contribution in [-0.2, 0) is 6.54 Å². The van der Waals surface area contributed by atoms with E-state index in [1.165, 1.54) is 6.33 Å². The van der Waals surface area contributed by atoms with Gasteiger partial charge in [-0.25, -0.2) is 9.67 Å². The van der Waals surface area contributed by atoms with Gasteiger partial charge in [0.1, 0.15) is 12.7 Å². The third-order valence-corrected chi connectivity index (χ3v) is 4.54. The maximum atomic E-state index is 13.0. The molecule has 2 heterocycles. The molecule has 6 nitrogen and oxygen atoms in total. The second kappa shape index (κ2) is 8.26. The van der Waals surface area contributed by atoms with E-state index in [0.29, 0.717) is 12.5 Å². The number of rotatable bonds is 4. The fourth-order valence-electron chi connectivity index (χ4n) is 3.15. The number of amides is 1. The van der Waals surface area contributed by atoms with Crippen LogP contribution in [0.2, 0.25) is 0 Å². The van der Waals surface area contributed by atoms with E-state index < -0.39 is 0 Å². The van der Waals surface area contributed by atoms with Gasteiger partial charge in [-0.1, -0.05) is 18.2 Å². The van der Waals surface area contributed by atoms with Crippen LogP contribution in [0.25, 0.3) is 0 Å². The second-order valence-corrected chi connectivity index (χ2v) is 6.26. The number of hydrogen-bond donors (Lipinski definition) is 1. The van der Waals surface area contributed by atoms with Crippen LogP contribution in [0.3, 0.4) is 0 Å². The van der Waals surface area contributed by atoms with Crippen LogP contribution in [0.15, 0.2) is 36.9 Å². The van der Waals surface area contributed by atoms with E-state index in [2.05, 4.69) is 10.1 Å². The molecule has 2 N–H and O–H groups in total. The van der Waals surface area contributed by atoms with Crippen LogP contribution < -0.4 is 5.73 Å². The van der Waals surface area contributed by atoms with Gasteiger partial charge in [0.05, 0.1) is 6.54 Å². The Kier molecular flexibility index (Phi) is 6.34. The molecule has 0 saturated carbocycles. The smallest absolute Gasteiger partial charge is 0.254 e. The summed E-state index contributed by atoms with van der Waals surface area (Å²) in [7, 11) is 0. The van der Waals surface area contributed by atoms with E-state index >= 15 is 0 Å². The number of nitrogens with zero attached hydrogens (tertiary/aromatic N) is 4. The monoisotopic (exact) mass is 349 g/mol. The number of carbonyl (C=O) groups is 1. The van der Waals surface area contributed by atoms with Crippen molar-refractivity contribution in [1.29, 1.82) is 0 Å². The zero-order valence-electron chi connectivity index (χ0n) is 13.8. The minimum absolute atomic E-state index is 0. The summed E-state index contributed by atoms with van der Waals surface area (Å²) in [5.41, 5.74) is 7.74. The maximum absolute atomic E-state index is 13.0. The Hall–Kier alpha value is -1.92. The molecule has 1 aromatic carbocycles. The lowest BCUT2D eigenvalue weighted by atomic mass is 9.91. The van der Waals surface area contributed by atoms with Crippen molar-refractivity contribution in [2.24, 2.45) is 11.7 Å². The van der Waals surface area contributed by atoms with Gasteiger partial charge in [0, 0.05) is 24.7 Å². The van der Waals surface area contributed by atoms with E-state index in [9.17, 15) is 4.79 Å². The lowest BCUT2D eigenvalue weighted by Crippen LogP contribution is -2.45. The van der Waals surface area contributed by atoms with E-state index in [-0.39, 0.29) is 24.4 Å². The second-order valence-electron chi connectivity index (χ2n) is 6.26. The largest absolute Gasteiger partial charge is 0.338 e. The van der Waals surface area contributed by atoms with E-state index in [1.54, 1.807) is 11.0 Å². The molecule has 24 heavy (non-hydrogen) atoms. The molecule has 0 aliphatic carbocycles. The first-order chi connectivity index (χ1) is 11.1. The van der Waals surface area contributed by atoms with Gasteiger partial charge in [0.15, 0.2) is 0 Å². The molecular formula is C17H24ClN5O. The highest BCUT2D eigenvalue weighted by atomic mass is 35.5. The number of benzene rings is 1. The quantitative estimate of drug-likeness (QED) is 0.915. The Labute approximate surface area is 148 Å². The summed E-state index contributed by atoms with van der Waals surface area (Å²) in [5, 5.41) is 4.12. The molecule has 0 spiro atoms. The van der Waals surface area contributed by atoms with Crippen molar-refractivity contribution in [2.75, 3.05) is 13.1 Å². The molecule has 1 saturated heterocycles. The zero-order chi connectivity index (χ0) is 16.2. The molecule has 130 valence electrons. The summed E-state index contributed by atoms with van der Waals surface area (Å²) in [6.45, 7) is 4.12. The molecule has 0 radical (unpaired) electrons. The minimum Gasteiger partial charge on any atom is -0.338 e. The van der Waals surface area contributed by atoms with Gasteiger partial charge in [-0.3, -0.25) is 4.79 Å². The average Bonchev–Trinajstić information content (AvgIpc) is 3.08. The van der Waals surface area contributed by atoms with Crippen molar-refractivity contribution in [1.82, 2.24) is 19.7 Å². The normalized spacial score (nSPS) is 18.8. The van der Waals surface area contributed by atoms with Gasteiger partial charge in [-0.15, -0.1) is 12.4 Å². The molecule has 1 aromatic heterocycles. The highest BCUT2D eigenvalue weighted by Crippen LogP contribution is 2.22. The summed E-state index contributed by atoms with van der Waals surface area (Å²) in [6, 6.07) is 7.84. The van der Waals surface area contributed by atoms with Crippen molar-refractivity contribution < 1.29 is 4.79 Å². The molecular weight excluding hydrogens is 326 g/mol. The summed E-state index contributed by atoms with van der Waals surface area (Å²) in [4.78, 5) is 18.9. The molecule has 3 rings (SSSR count). The van der Waals surface area contributed by atoms with Crippen molar-refractivity contribution in [2.45, 2.75) is 32.4 Å². The Morgan fingerprint density at radius 3 is 2.92 bits per heavy atom. The van der Waals surface area contributed by atoms with Gasteiger partial charge in [-0.05, 0) is 37.3 Å². The summed E-state index contributed by atoms with van der Waals surface area (Å²) in [5.74, 6) is 0.473. The standard InChI is InChI=1S/C17H23N5O.ClH/c1-13(18)14-6-4-8-21(9-14)17(23)16-7-3-2-5-15(16)10-22-12-19-11-20-22;/h2-3,5,7,11-14H,4,6,8-10,18H2,1H3;1H. The SMILES string of the molecule is CC(N)C1CCCN(C(=O)c2ccccc2Cn2cncn2)C1.Cl. The summed E-state index contributed by atoms with van der Waals surface area (Å²) < 4.78 is 1.73. The zero-order valence-corrected chi connectivity index (χ0v) is 14.7. The number of likely N-dealkylation sites (tertiary alicyclic amines) is 1. The number of piperidine rings is 1. The van der Waals surface area contributed by atoms with E-state index in [1.807, 2.05) is 36.1 Å². The van der Waals surface area contributed by atoms with Crippen LogP contribution in [-0.4, -0.2) is 44.7 Å². The Bertz CT molecular complexity index is 659. The van der Waals surface area contributed by atoms with Crippen molar-refractivity contribution in [3.63, 3.8) is 0 Å². The minimum atomic E-state index is 0. The summed E-state index contributed by atoms with van der Waals surface area (Å²) in [6.07, 6.45) is 5.28. The number of aromatic nitrogens is 3. The predicted molar refractivity (Wildman–Crippen MR) is 95.1 cm³/mol. The molecule has 1 amide bonds. The molecule has 2 aromatic rings. The number of nitrogens with two attached hydrogens (primary N) is 1. The average molecular weight is 350 g/mol. The van der Waals surface area contributed by atoms with Crippen LogP contribution in [0, 0.1) is 5.92 Å². The van der Waals surface area contributed by atoms with Crippen molar-refractivity contribution in [3.8, 4) is 0 Å². The number of hydrogen-bond acceptors (Lipinski definition) is 4. The topological polar surface area (TPSA) is 77.0 Å². The highest BCUT2D eigenvalue weighted by Gasteiger charge is 2.27. The van der Waals surface area contributed by atoms with Crippen LogP contribution in [0.1, 0.15) is 35.7 Å². The molecule has 2 atom stereocenters. The summed E-state index contributed by atoms with van der Waals surface area (Å²) >= 11 is 0. The van der Waals surface area contributed by atoms with Crippen LogP contribution >= 0.6 is 12.4 Å². The first kappa shape index (κ1) is 18.4. The van der Waals surface area contributed by atoms with Gasteiger partial charge >= 0.3 is 0 Å². The molecule has 1 aliphatic heterocycles. The van der Waals surface area contributed by atoms with Gasteiger partial charge in [0.2, 0.25) is 0 Å². The number of halogens is 1. The van der Waals surface area contributed by atoms with Gasteiger partial charge in [-0.2, -0.15) is 5.10 Å². The Morgan fingerprint density at radius 2 is 2.21 bits per heavy atom. The third-order valence-electron chi connectivity index (χ3n) is 4.54. The first-order valence-corrected chi connectivity index (χ1v) is 8.10. The fourth-order valence-corrected chi connectivity index (χ4v) is 3.15. The molecule has 1 aliphatic rings. The van der Waals surface area contributed by atoms with E-state index in [4.69, 9.17) is 5.73 Å². The predicted octanol–water partition coefficient (Wildman–Crippen LogP) is 1.95. The Balaban J connectivity index is 0.00000208. The molecule has 1 fully saturated rings. The maximum Gasteiger partial charge on any atom is 0.254 e. The lowest BCUT2D eigenvalue weighted by molar-refractivity contribution is 0.0659. The fraction of sp³-hybridized carbons (Fsp3) is 0.471. The first-order valence-electron chi connectivity index (χ1n) is 8.10. The Morgan fingerprint density at radius 1 is 1.42 bits per heavy atom. The molecule has 7 heteroatoms. The lowest BCUT2D eigenvalue weighted by Gasteiger charge is -2.35. The molecule has 0 bridgehead atoms. The highest BCUT2D eigenvalue weighted by molar-refractivity contribution is 5.95.